The molecule has 1 N–H and O–H groups in total. The van der Waals surface area contributed by atoms with E-state index in [1.807, 2.05) is 14.0 Å². The zero-order chi connectivity index (χ0) is 12.3. The van der Waals surface area contributed by atoms with Gasteiger partial charge in [0, 0.05) is 6.42 Å². The quantitative estimate of drug-likeness (QED) is 0.883. The molecule has 3 nitrogen and oxygen atoms in total. The van der Waals surface area contributed by atoms with Gasteiger partial charge in [-0.3, -0.25) is 0 Å². The molecule has 4 heteroatoms. The van der Waals surface area contributed by atoms with Crippen LogP contribution in [0.1, 0.15) is 30.2 Å². The molecule has 0 aliphatic heterocycles. The summed E-state index contributed by atoms with van der Waals surface area (Å²) in [6, 6.07) is 6.50. The van der Waals surface area contributed by atoms with Crippen LogP contribution in [0.5, 0.6) is 0 Å². The van der Waals surface area contributed by atoms with Gasteiger partial charge in [0.15, 0.2) is 5.89 Å². The second kappa shape index (κ2) is 5.10. The maximum atomic E-state index is 12.7. The second-order valence-corrected chi connectivity index (χ2v) is 3.97. The third kappa shape index (κ3) is 2.91. The molecule has 1 heterocycles. The molecule has 2 aromatic rings. The number of rotatable bonds is 4. The van der Waals surface area contributed by atoms with Crippen molar-refractivity contribution in [1.82, 2.24) is 10.3 Å². The number of halogens is 1. The van der Waals surface area contributed by atoms with Crippen LogP contribution < -0.4 is 5.32 Å². The number of oxazole rings is 1. The van der Waals surface area contributed by atoms with Gasteiger partial charge < -0.3 is 9.73 Å². The van der Waals surface area contributed by atoms with Gasteiger partial charge in [-0.15, -0.1) is 0 Å². The summed E-state index contributed by atoms with van der Waals surface area (Å²) >= 11 is 0. The van der Waals surface area contributed by atoms with Crippen molar-refractivity contribution < 1.29 is 8.81 Å². The zero-order valence-electron chi connectivity index (χ0n) is 9.90. The molecule has 0 spiro atoms. The molecule has 0 amide bonds. The van der Waals surface area contributed by atoms with E-state index < -0.39 is 0 Å². The Morgan fingerprint density at radius 2 is 2.06 bits per heavy atom. The maximum absolute atomic E-state index is 12.7. The Kier molecular flexibility index (Phi) is 3.54. The molecule has 1 aromatic carbocycles. The summed E-state index contributed by atoms with van der Waals surface area (Å²) < 4.78 is 18.3. The van der Waals surface area contributed by atoms with Crippen LogP contribution in [0.4, 0.5) is 4.39 Å². The van der Waals surface area contributed by atoms with E-state index >= 15 is 0 Å². The molecule has 0 saturated heterocycles. The normalized spacial score (nSPS) is 12.6. The molecule has 0 bridgehead atoms. The van der Waals surface area contributed by atoms with Gasteiger partial charge in [0.2, 0.25) is 0 Å². The largest absolute Gasteiger partial charge is 0.444 e. The average Bonchev–Trinajstić information content (AvgIpc) is 2.80. The molecule has 0 saturated carbocycles. The fraction of sp³-hybridized carbons (Fsp3) is 0.308. The van der Waals surface area contributed by atoms with Crippen LogP contribution in [-0.2, 0) is 6.42 Å². The van der Waals surface area contributed by atoms with Gasteiger partial charge >= 0.3 is 0 Å². The summed E-state index contributed by atoms with van der Waals surface area (Å²) in [5.41, 5.74) is 0.983. The summed E-state index contributed by atoms with van der Waals surface area (Å²) in [6.45, 7) is 2.00. The van der Waals surface area contributed by atoms with E-state index in [1.54, 1.807) is 18.3 Å². The van der Waals surface area contributed by atoms with Crippen molar-refractivity contribution in [2.75, 3.05) is 7.05 Å². The summed E-state index contributed by atoms with van der Waals surface area (Å²) in [6.07, 6.45) is 2.30. The lowest BCUT2D eigenvalue weighted by Gasteiger charge is -2.04. The van der Waals surface area contributed by atoms with Crippen LogP contribution in [-0.4, -0.2) is 12.0 Å². The van der Waals surface area contributed by atoms with E-state index in [2.05, 4.69) is 10.3 Å². The van der Waals surface area contributed by atoms with Crippen LogP contribution >= 0.6 is 0 Å². The third-order valence-corrected chi connectivity index (χ3v) is 2.70. The Labute approximate surface area is 99.7 Å². The van der Waals surface area contributed by atoms with Crippen molar-refractivity contribution in [3.63, 3.8) is 0 Å². The van der Waals surface area contributed by atoms with Gasteiger partial charge in [-0.1, -0.05) is 12.1 Å². The van der Waals surface area contributed by atoms with Crippen molar-refractivity contribution in [2.24, 2.45) is 0 Å². The zero-order valence-corrected chi connectivity index (χ0v) is 9.90. The third-order valence-electron chi connectivity index (χ3n) is 2.70. The molecule has 0 fully saturated rings. The van der Waals surface area contributed by atoms with E-state index in [0.29, 0.717) is 12.3 Å². The summed E-state index contributed by atoms with van der Waals surface area (Å²) in [4.78, 5) is 4.20. The van der Waals surface area contributed by atoms with E-state index in [1.165, 1.54) is 12.1 Å². The first-order valence-corrected chi connectivity index (χ1v) is 5.55. The molecule has 0 aliphatic carbocycles. The van der Waals surface area contributed by atoms with Crippen LogP contribution in [0.3, 0.4) is 0 Å². The second-order valence-electron chi connectivity index (χ2n) is 3.97. The Morgan fingerprint density at radius 3 is 2.71 bits per heavy atom. The molecular weight excluding hydrogens is 219 g/mol. The van der Waals surface area contributed by atoms with Crippen molar-refractivity contribution in [2.45, 2.75) is 19.4 Å². The highest BCUT2D eigenvalue weighted by Gasteiger charge is 2.09. The van der Waals surface area contributed by atoms with Crippen LogP contribution in [0.25, 0.3) is 0 Å². The topological polar surface area (TPSA) is 38.1 Å². The number of aromatic nitrogens is 1. The van der Waals surface area contributed by atoms with E-state index in [9.17, 15) is 4.39 Å². The minimum absolute atomic E-state index is 0.143. The predicted octanol–water partition coefficient (Wildman–Crippen LogP) is 2.68. The first-order chi connectivity index (χ1) is 8.19. The summed E-state index contributed by atoms with van der Waals surface area (Å²) in [5, 5.41) is 3.08. The van der Waals surface area contributed by atoms with E-state index in [-0.39, 0.29) is 11.9 Å². The minimum Gasteiger partial charge on any atom is -0.444 e. The van der Waals surface area contributed by atoms with Gasteiger partial charge in [0.1, 0.15) is 11.6 Å². The van der Waals surface area contributed by atoms with E-state index in [4.69, 9.17) is 4.42 Å². The monoisotopic (exact) mass is 234 g/mol. The maximum Gasteiger partial charge on any atom is 0.198 e. The predicted molar refractivity (Wildman–Crippen MR) is 63.2 cm³/mol. The first-order valence-electron chi connectivity index (χ1n) is 5.55. The molecule has 1 unspecified atom stereocenters. The highest BCUT2D eigenvalue weighted by atomic mass is 19.1. The summed E-state index contributed by atoms with van der Waals surface area (Å²) in [5.74, 6) is 1.23. The van der Waals surface area contributed by atoms with Gasteiger partial charge in [0.05, 0.1) is 12.2 Å². The Bertz CT molecular complexity index is 478. The molecule has 1 atom stereocenters. The fourth-order valence-electron chi connectivity index (χ4n) is 1.53. The van der Waals surface area contributed by atoms with Gasteiger partial charge in [-0.2, -0.15) is 0 Å². The summed E-state index contributed by atoms with van der Waals surface area (Å²) in [7, 11) is 1.87. The molecule has 2 rings (SSSR count). The smallest absolute Gasteiger partial charge is 0.198 e. The van der Waals surface area contributed by atoms with Crippen LogP contribution in [0, 0.1) is 5.82 Å². The van der Waals surface area contributed by atoms with Crippen molar-refractivity contribution in [3.8, 4) is 0 Å². The molecular formula is C13H15FN2O. The van der Waals surface area contributed by atoms with Crippen molar-refractivity contribution >= 4 is 0 Å². The number of hydrogen-bond acceptors (Lipinski definition) is 3. The molecule has 17 heavy (non-hydrogen) atoms. The lowest BCUT2D eigenvalue weighted by Crippen LogP contribution is -2.11. The van der Waals surface area contributed by atoms with Crippen LogP contribution in [0.15, 0.2) is 34.9 Å². The Balaban J connectivity index is 2.08. The number of benzene rings is 1. The SMILES string of the molecule is CNC(C)c1cnc(Cc2ccc(F)cc2)o1. The average molecular weight is 234 g/mol. The molecule has 0 aliphatic rings. The number of nitrogens with one attached hydrogen (secondary N) is 1. The lowest BCUT2D eigenvalue weighted by molar-refractivity contribution is 0.420. The van der Waals surface area contributed by atoms with Crippen molar-refractivity contribution in [1.29, 1.82) is 0 Å². The van der Waals surface area contributed by atoms with Gasteiger partial charge in [0.25, 0.3) is 0 Å². The fourth-order valence-corrected chi connectivity index (χ4v) is 1.53. The highest BCUT2D eigenvalue weighted by Crippen LogP contribution is 2.15. The lowest BCUT2D eigenvalue weighted by atomic mass is 10.1. The van der Waals surface area contributed by atoms with Crippen molar-refractivity contribution in [3.05, 3.63) is 53.5 Å². The van der Waals surface area contributed by atoms with Gasteiger partial charge in [-0.25, -0.2) is 9.37 Å². The Hall–Kier alpha value is -1.68. The number of hydrogen-bond donors (Lipinski definition) is 1. The van der Waals surface area contributed by atoms with Crippen LogP contribution in [0.2, 0.25) is 0 Å². The number of nitrogens with zero attached hydrogens (tertiary/aromatic N) is 1. The molecule has 0 radical (unpaired) electrons. The minimum atomic E-state index is -0.231. The Morgan fingerprint density at radius 1 is 1.35 bits per heavy atom. The first kappa shape index (κ1) is 11.8. The molecule has 90 valence electrons. The van der Waals surface area contributed by atoms with Gasteiger partial charge in [-0.05, 0) is 31.7 Å². The van der Waals surface area contributed by atoms with E-state index in [0.717, 1.165) is 11.3 Å². The standard InChI is InChI=1S/C13H15FN2O/c1-9(15-2)12-8-16-13(17-12)7-10-3-5-11(14)6-4-10/h3-6,8-9,15H,7H2,1-2H3. The molecule has 1 aromatic heterocycles. The highest BCUT2D eigenvalue weighted by molar-refractivity contribution is 5.19.